The summed E-state index contributed by atoms with van der Waals surface area (Å²) >= 11 is 0. The Kier molecular flexibility index (Phi) is 13.0. The zero-order valence-corrected chi connectivity index (χ0v) is 14.8. The summed E-state index contributed by atoms with van der Waals surface area (Å²) in [6.07, 6.45) is 21.5. The first kappa shape index (κ1) is 20.2. The number of carbonyl (C=O) groups is 1. The summed E-state index contributed by atoms with van der Waals surface area (Å²) in [6.45, 7) is 1.86. The summed E-state index contributed by atoms with van der Waals surface area (Å²) in [6, 6.07) is 0. The molecule has 1 saturated heterocycles. The van der Waals surface area contributed by atoms with E-state index in [-0.39, 0.29) is 0 Å². The maximum absolute atomic E-state index is 10.4. The zero-order chi connectivity index (χ0) is 16.6. The maximum atomic E-state index is 10.4. The van der Waals surface area contributed by atoms with Crippen molar-refractivity contribution in [1.29, 1.82) is 0 Å². The lowest BCUT2D eigenvalue weighted by atomic mass is 10.0. The van der Waals surface area contributed by atoms with Gasteiger partial charge in [0.1, 0.15) is 0 Å². The molecule has 1 fully saturated rings. The zero-order valence-electron chi connectivity index (χ0n) is 14.8. The van der Waals surface area contributed by atoms with Crippen molar-refractivity contribution in [2.24, 2.45) is 5.92 Å². The third kappa shape index (κ3) is 13.3. The van der Waals surface area contributed by atoms with Crippen LogP contribution in [0.15, 0.2) is 12.2 Å². The molecule has 0 unspecified atom stereocenters. The second-order valence-corrected chi connectivity index (χ2v) is 6.90. The first-order valence-electron chi connectivity index (χ1n) is 9.75. The van der Waals surface area contributed by atoms with E-state index in [4.69, 9.17) is 9.84 Å². The van der Waals surface area contributed by atoms with Crippen LogP contribution in [-0.2, 0) is 9.53 Å². The highest BCUT2D eigenvalue weighted by Crippen LogP contribution is 2.14. The molecule has 23 heavy (non-hydrogen) atoms. The van der Waals surface area contributed by atoms with E-state index in [9.17, 15) is 4.79 Å². The number of rotatable bonds is 16. The summed E-state index contributed by atoms with van der Waals surface area (Å²) < 4.78 is 5.15. The molecule has 1 aliphatic rings. The summed E-state index contributed by atoms with van der Waals surface area (Å²) in [5, 5.41) is 8.54. The largest absolute Gasteiger partial charge is 0.481 e. The molecule has 0 aliphatic carbocycles. The molecule has 0 saturated carbocycles. The van der Waals surface area contributed by atoms with Gasteiger partial charge < -0.3 is 9.84 Å². The van der Waals surface area contributed by atoms with E-state index in [0.717, 1.165) is 26.1 Å². The standard InChI is InChI=1S/C20H36O3/c21-20(22)16-14-12-10-8-6-4-2-1-3-5-7-9-11-13-15-19-17-23-18-19/h13,15,19H,1-12,14,16-18H2,(H,21,22)/b15-13+. The molecule has 0 aromatic heterocycles. The Morgan fingerprint density at radius 3 is 1.74 bits per heavy atom. The molecule has 134 valence electrons. The lowest BCUT2D eigenvalue weighted by molar-refractivity contribution is -0.137. The van der Waals surface area contributed by atoms with E-state index in [0.29, 0.717) is 12.3 Å². The molecule has 0 radical (unpaired) electrons. The molecule has 0 spiro atoms. The molecule has 0 aromatic rings. The summed E-state index contributed by atoms with van der Waals surface area (Å²) in [5.41, 5.74) is 0. The van der Waals surface area contributed by atoms with Crippen LogP contribution < -0.4 is 0 Å². The van der Waals surface area contributed by atoms with Crippen LogP contribution >= 0.6 is 0 Å². The monoisotopic (exact) mass is 324 g/mol. The van der Waals surface area contributed by atoms with Crippen molar-refractivity contribution < 1.29 is 14.6 Å². The van der Waals surface area contributed by atoms with Crippen LogP contribution in [0.1, 0.15) is 89.9 Å². The molecule has 3 heteroatoms. The predicted molar refractivity (Wildman–Crippen MR) is 95.7 cm³/mol. The molecule has 1 aliphatic heterocycles. The first-order valence-corrected chi connectivity index (χ1v) is 9.75. The van der Waals surface area contributed by atoms with Gasteiger partial charge in [-0.2, -0.15) is 0 Å². The Balaban J connectivity index is 1.66. The van der Waals surface area contributed by atoms with Crippen molar-refractivity contribution in [2.45, 2.75) is 89.9 Å². The highest BCUT2D eigenvalue weighted by atomic mass is 16.5. The Morgan fingerprint density at radius 2 is 1.30 bits per heavy atom. The second-order valence-electron chi connectivity index (χ2n) is 6.90. The molecule has 3 nitrogen and oxygen atoms in total. The van der Waals surface area contributed by atoms with E-state index >= 15 is 0 Å². The number of allylic oxidation sites excluding steroid dienone is 1. The van der Waals surface area contributed by atoms with Crippen molar-refractivity contribution in [3.8, 4) is 0 Å². The predicted octanol–water partition coefficient (Wildman–Crippen LogP) is 5.74. The van der Waals surface area contributed by atoms with Crippen molar-refractivity contribution in [1.82, 2.24) is 0 Å². The second kappa shape index (κ2) is 14.7. The molecular formula is C20H36O3. The van der Waals surface area contributed by atoms with Gasteiger partial charge in [-0.1, -0.05) is 76.4 Å². The minimum absolute atomic E-state index is 0.338. The first-order chi connectivity index (χ1) is 11.3. The van der Waals surface area contributed by atoms with Gasteiger partial charge in [-0.3, -0.25) is 4.79 Å². The maximum Gasteiger partial charge on any atom is 0.303 e. The Bertz CT molecular complexity index is 308. The number of unbranched alkanes of at least 4 members (excludes halogenated alkanes) is 12. The van der Waals surface area contributed by atoms with Crippen LogP contribution in [0.2, 0.25) is 0 Å². The van der Waals surface area contributed by atoms with Gasteiger partial charge in [-0.25, -0.2) is 0 Å². The fourth-order valence-corrected chi connectivity index (χ4v) is 2.96. The van der Waals surface area contributed by atoms with Crippen LogP contribution in [0.5, 0.6) is 0 Å². The molecule has 0 atom stereocenters. The van der Waals surface area contributed by atoms with Gasteiger partial charge in [0.2, 0.25) is 0 Å². The Labute approximate surface area is 142 Å². The summed E-state index contributed by atoms with van der Waals surface area (Å²) in [7, 11) is 0. The van der Waals surface area contributed by atoms with Gasteiger partial charge in [0, 0.05) is 12.3 Å². The van der Waals surface area contributed by atoms with Gasteiger partial charge >= 0.3 is 5.97 Å². The fraction of sp³-hybridized carbons (Fsp3) is 0.850. The molecule has 0 aromatic carbocycles. The molecule has 1 N–H and O–H groups in total. The minimum Gasteiger partial charge on any atom is -0.481 e. The lowest BCUT2D eigenvalue weighted by Gasteiger charge is -2.22. The number of carboxylic acids is 1. The van der Waals surface area contributed by atoms with Crippen LogP contribution in [-0.4, -0.2) is 24.3 Å². The molecule has 0 bridgehead atoms. The van der Waals surface area contributed by atoms with Crippen molar-refractivity contribution >= 4 is 5.97 Å². The Hall–Kier alpha value is -0.830. The quantitative estimate of drug-likeness (QED) is 0.291. The van der Waals surface area contributed by atoms with Crippen LogP contribution in [0.3, 0.4) is 0 Å². The number of aliphatic carboxylic acids is 1. The lowest BCUT2D eigenvalue weighted by Crippen LogP contribution is -2.25. The molecule has 0 amide bonds. The van der Waals surface area contributed by atoms with Crippen LogP contribution in [0.25, 0.3) is 0 Å². The van der Waals surface area contributed by atoms with Crippen LogP contribution in [0.4, 0.5) is 0 Å². The number of ether oxygens (including phenoxy) is 1. The minimum atomic E-state index is -0.658. The smallest absolute Gasteiger partial charge is 0.303 e. The van der Waals surface area contributed by atoms with Gasteiger partial charge in [0.25, 0.3) is 0 Å². The number of carboxylic acid groups (broad SMARTS) is 1. The molecular weight excluding hydrogens is 288 g/mol. The highest BCUT2D eigenvalue weighted by Gasteiger charge is 2.13. The van der Waals surface area contributed by atoms with Gasteiger partial charge in [-0.05, 0) is 19.3 Å². The van der Waals surface area contributed by atoms with E-state index in [1.54, 1.807) is 0 Å². The van der Waals surface area contributed by atoms with Gasteiger partial charge in [0.15, 0.2) is 0 Å². The number of hydrogen-bond acceptors (Lipinski definition) is 2. The average Bonchev–Trinajstić information content (AvgIpc) is 2.48. The highest BCUT2D eigenvalue weighted by molar-refractivity contribution is 5.66. The molecule has 1 heterocycles. The van der Waals surface area contributed by atoms with Crippen molar-refractivity contribution in [2.75, 3.05) is 13.2 Å². The number of hydrogen-bond donors (Lipinski definition) is 1. The molecule has 1 rings (SSSR count). The van der Waals surface area contributed by atoms with E-state index < -0.39 is 5.97 Å². The van der Waals surface area contributed by atoms with E-state index in [2.05, 4.69) is 12.2 Å². The third-order valence-electron chi connectivity index (χ3n) is 4.58. The SMILES string of the molecule is O=C(O)CCCCCCCCCCCCCC/C=C/C1COC1. The van der Waals surface area contributed by atoms with Crippen molar-refractivity contribution in [3.63, 3.8) is 0 Å². The summed E-state index contributed by atoms with van der Waals surface area (Å²) in [5.74, 6) is 0.0427. The fourth-order valence-electron chi connectivity index (χ4n) is 2.96. The average molecular weight is 325 g/mol. The normalized spacial score (nSPS) is 15.1. The Morgan fingerprint density at radius 1 is 0.826 bits per heavy atom. The van der Waals surface area contributed by atoms with Crippen molar-refractivity contribution in [3.05, 3.63) is 12.2 Å². The van der Waals surface area contributed by atoms with Gasteiger partial charge in [0.05, 0.1) is 13.2 Å². The third-order valence-corrected chi connectivity index (χ3v) is 4.58. The van der Waals surface area contributed by atoms with Gasteiger partial charge in [-0.15, -0.1) is 0 Å². The van der Waals surface area contributed by atoms with Crippen LogP contribution in [0, 0.1) is 5.92 Å². The topological polar surface area (TPSA) is 46.5 Å². The van der Waals surface area contributed by atoms with E-state index in [1.165, 1.54) is 70.6 Å². The summed E-state index contributed by atoms with van der Waals surface area (Å²) in [4.78, 5) is 10.4. The van der Waals surface area contributed by atoms with E-state index in [1.807, 2.05) is 0 Å².